The molecule has 0 saturated carbocycles. The Morgan fingerprint density at radius 3 is 2.33 bits per heavy atom. The van der Waals surface area contributed by atoms with Crippen molar-refractivity contribution in [1.29, 1.82) is 0 Å². The molecular formula is C11H11NO3. The number of amides is 1. The van der Waals surface area contributed by atoms with Gasteiger partial charge in [0.2, 0.25) is 0 Å². The molecular weight excluding hydrogens is 194 g/mol. The van der Waals surface area contributed by atoms with Gasteiger partial charge in [0, 0.05) is 0 Å². The number of hydrogen-bond donors (Lipinski definition) is 1. The van der Waals surface area contributed by atoms with E-state index in [0.29, 0.717) is 6.42 Å². The molecule has 0 unspecified atom stereocenters. The molecule has 1 aliphatic rings. The van der Waals surface area contributed by atoms with Crippen molar-refractivity contribution in [3.63, 3.8) is 0 Å². The molecule has 15 heavy (non-hydrogen) atoms. The summed E-state index contributed by atoms with van der Waals surface area (Å²) in [5.41, 5.74) is 6.18. The number of nitrogens with two attached hydrogens (primary N) is 1. The van der Waals surface area contributed by atoms with Crippen molar-refractivity contribution in [2.45, 2.75) is 12.2 Å². The van der Waals surface area contributed by atoms with Crippen LogP contribution in [0.4, 0.5) is 0 Å². The maximum atomic E-state index is 11.3. The zero-order chi connectivity index (χ0) is 10.7. The zero-order valence-electron chi connectivity index (χ0n) is 8.05. The number of carbonyl (C=O) groups excluding carboxylic acids is 1. The van der Waals surface area contributed by atoms with Crippen LogP contribution in [0.5, 0.6) is 0 Å². The SMILES string of the molecule is NC(=O)C1(Cc2ccccc2)OC=CO1. The average Bonchev–Trinajstić information content (AvgIpc) is 2.69. The van der Waals surface area contributed by atoms with Gasteiger partial charge < -0.3 is 15.2 Å². The lowest BCUT2D eigenvalue weighted by Gasteiger charge is -2.23. The van der Waals surface area contributed by atoms with E-state index in [1.807, 2.05) is 30.3 Å². The molecule has 1 heterocycles. The maximum Gasteiger partial charge on any atom is 0.334 e. The largest absolute Gasteiger partial charge is 0.449 e. The second-order valence-corrected chi connectivity index (χ2v) is 3.29. The molecule has 0 aromatic heterocycles. The van der Waals surface area contributed by atoms with Crippen LogP contribution >= 0.6 is 0 Å². The van der Waals surface area contributed by atoms with Crippen molar-refractivity contribution in [2.24, 2.45) is 5.73 Å². The fraction of sp³-hybridized carbons (Fsp3) is 0.182. The lowest BCUT2D eigenvalue weighted by molar-refractivity contribution is -0.172. The minimum atomic E-state index is -1.37. The predicted octanol–water partition coefficient (Wildman–Crippen LogP) is 0.929. The number of hydrogen-bond acceptors (Lipinski definition) is 3. The summed E-state index contributed by atoms with van der Waals surface area (Å²) in [7, 11) is 0. The van der Waals surface area contributed by atoms with Crippen LogP contribution in [0.3, 0.4) is 0 Å². The van der Waals surface area contributed by atoms with Crippen molar-refractivity contribution in [3.8, 4) is 0 Å². The third kappa shape index (κ3) is 1.79. The summed E-state index contributed by atoms with van der Waals surface area (Å²) in [5.74, 6) is -2.00. The predicted molar refractivity (Wildman–Crippen MR) is 53.4 cm³/mol. The molecule has 4 heteroatoms. The van der Waals surface area contributed by atoms with Gasteiger partial charge in [-0.1, -0.05) is 30.3 Å². The Kier molecular flexibility index (Phi) is 2.33. The van der Waals surface area contributed by atoms with E-state index in [-0.39, 0.29) is 0 Å². The first kappa shape index (κ1) is 9.58. The molecule has 2 N–H and O–H groups in total. The number of carbonyl (C=O) groups is 1. The molecule has 78 valence electrons. The van der Waals surface area contributed by atoms with E-state index >= 15 is 0 Å². The molecule has 1 aromatic rings. The Morgan fingerprint density at radius 2 is 1.80 bits per heavy atom. The number of ether oxygens (including phenoxy) is 2. The number of benzene rings is 1. The molecule has 0 spiro atoms. The van der Waals surface area contributed by atoms with Gasteiger partial charge >= 0.3 is 11.7 Å². The van der Waals surface area contributed by atoms with Crippen molar-refractivity contribution in [3.05, 3.63) is 48.4 Å². The highest BCUT2D eigenvalue weighted by atomic mass is 16.7. The van der Waals surface area contributed by atoms with E-state index < -0.39 is 11.7 Å². The third-order valence-corrected chi connectivity index (χ3v) is 2.23. The van der Waals surface area contributed by atoms with Gasteiger partial charge in [0.1, 0.15) is 12.5 Å². The van der Waals surface area contributed by atoms with E-state index in [9.17, 15) is 4.79 Å². The highest BCUT2D eigenvalue weighted by Gasteiger charge is 2.42. The summed E-state index contributed by atoms with van der Waals surface area (Å²) in [5, 5.41) is 0. The topological polar surface area (TPSA) is 61.6 Å². The van der Waals surface area contributed by atoms with E-state index in [0.717, 1.165) is 5.56 Å². The molecule has 1 aromatic carbocycles. The van der Waals surface area contributed by atoms with Gasteiger partial charge in [-0.2, -0.15) is 0 Å². The first-order chi connectivity index (χ1) is 7.23. The molecule has 0 radical (unpaired) electrons. The third-order valence-electron chi connectivity index (χ3n) is 2.23. The molecule has 2 rings (SSSR count). The lowest BCUT2D eigenvalue weighted by atomic mass is 10.0. The molecule has 1 aliphatic heterocycles. The Hall–Kier alpha value is -1.97. The van der Waals surface area contributed by atoms with Gasteiger partial charge in [-0.15, -0.1) is 0 Å². The fourth-order valence-corrected chi connectivity index (χ4v) is 1.45. The van der Waals surface area contributed by atoms with Crippen LogP contribution < -0.4 is 5.73 Å². The highest BCUT2D eigenvalue weighted by molar-refractivity contribution is 5.82. The molecule has 4 nitrogen and oxygen atoms in total. The summed E-state index contributed by atoms with van der Waals surface area (Å²) in [6.45, 7) is 0. The van der Waals surface area contributed by atoms with E-state index in [2.05, 4.69) is 0 Å². The van der Waals surface area contributed by atoms with Crippen LogP contribution in [0.1, 0.15) is 5.56 Å². The summed E-state index contributed by atoms with van der Waals surface area (Å²) in [6.07, 6.45) is 2.96. The van der Waals surface area contributed by atoms with Gasteiger partial charge in [0.15, 0.2) is 0 Å². The quantitative estimate of drug-likeness (QED) is 0.798. The van der Waals surface area contributed by atoms with Crippen LogP contribution in [0, 0.1) is 0 Å². The minimum absolute atomic E-state index is 0.302. The minimum Gasteiger partial charge on any atom is -0.449 e. The molecule has 1 amide bonds. The lowest BCUT2D eigenvalue weighted by Crippen LogP contribution is -2.46. The molecule has 0 saturated heterocycles. The van der Waals surface area contributed by atoms with Crippen LogP contribution in [-0.4, -0.2) is 11.7 Å². The van der Waals surface area contributed by atoms with Crippen LogP contribution in [0.2, 0.25) is 0 Å². The van der Waals surface area contributed by atoms with Crippen molar-refractivity contribution in [2.75, 3.05) is 0 Å². The van der Waals surface area contributed by atoms with E-state index in [1.54, 1.807) is 0 Å². The smallest absolute Gasteiger partial charge is 0.334 e. The fourth-order valence-electron chi connectivity index (χ4n) is 1.45. The number of rotatable bonds is 3. The zero-order valence-corrected chi connectivity index (χ0v) is 8.05. The van der Waals surface area contributed by atoms with Crippen molar-refractivity contribution in [1.82, 2.24) is 0 Å². The molecule has 0 fully saturated rings. The monoisotopic (exact) mass is 205 g/mol. The summed E-state index contributed by atoms with van der Waals surface area (Å²) >= 11 is 0. The molecule has 0 aliphatic carbocycles. The van der Waals surface area contributed by atoms with Gasteiger partial charge in [0.05, 0.1) is 6.42 Å². The normalized spacial score (nSPS) is 16.8. The first-order valence-corrected chi connectivity index (χ1v) is 4.57. The van der Waals surface area contributed by atoms with E-state index in [1.165, 1.54) is 12.5 Å². The van der Waals surface area contributed by atoms with Gasteiger partial charge in [-0.25, -0.2) is 0 Å². The van der Waals surface area contributed by atoms with Crippen LogP contribution in [0.25, 0.3) is 0 Å². The summed E-state index contributed by atoms with van der Waals surface area (Å²) in [4.78, 5) is 11.3. The molecule has 0 bridgehead atoms. The number of primary amides is 1. The Morgan fingerprint density at radius 1 is 1.20 bits per heavy atom. The highest BCUT2D eigenvalue weighted by Crippen LogP contribution is 2.24. The summed E-state index contributed by atoms with van der Waals surface area (Å²) < 4.78 is 10.3. The van der Waals surface area contributed by atoms with Gasteiger partial charge in [-0.3, -0.25) is 4.79 Å². The average molecular weight is 205 g/mol. The van der Waals surface area contributed by atoms with Crippen LogP contribution in [0.15, 0.2) is 42.9 Å². The van der Waals surface area contributed by atoms with Crippen molar-refractivity contribution >= 4 is 5.91 Å². The maximum absolute atomic E-state index is 11.3. The Labute approximate surface area is 87.3 Å². The second-order valence-electron chi connectivity index (χ2n) is 3.29. The summed E-state index contributed by atoms with van der Waals surface area (Å²) in [6, 6.07) is 9.43. The molecule has 0 atom stereocenters. The van der Waals surface area contributed by atoms with Crippen LogP contribution in [-0.2, 0) is 20.7 Å². The Balaban J connectivity index is 2.19. The van der Waals surface area contributed by atoms with Gasteiger partial charge in [0.25, 0.3) is 0 Å². The first-order valence-electron chi connectivity index (χ1n) is 4.57. The van der Waals surface area contributed by atoms with Crippen molar-refractivity contribution < 1.29 is 14.3 Å². The standard InChI is InChI=1S/C11H11NO3/c12-10(13)11(14-6-7-15-11)8-9-4-2-1-3-5-9/h1-7H,8H2,(H2,12,13). The Bertz CT molecular complexity index is 378. The second kappa shape index (κ2) is 3.65. The van der Waals surface area contributed by atoms with E-state index in [4.69, 9.17) is 15.2 Å². The van der Waals surface area contributed by atoms with Gasteiger partial charge in [-0.05, 0) is 5.56 Å².